The van der Waals surface area contributed by atoms with Gasteiger partial charge in [-0.05, 0) is 0 Å². The molecule has 0 amide bonds. The molecule has 0 bridgehead atoms. The summed E-state index contributed by atoms with van der Waals surface area (Å²) in [5, 5.41) is 6.75. The largest absolute Gasteiger partial charge is 0.492 e. The Labute approximate surface area is 38.7 Å². The molecule has 0 aromatic carbocycles. The number of halogens is 1. The third kappa shape index (κ3) is 3220. The summed E-state index contributed by atoms with van der Waals surface area (Å²) >= 11 is 0. The molecule has 0 radical (unpaired) electrons. The van der Waals surface area contributed by atoms with Crippen LogP contribution in [0.3, 0.4) is 0 Å². The third-order valence-electron chi connectivity index (χ3n) is 0. The van der Waals surface area contributed by atoms with Gasteiger partial charge >= 0.3 is 6.22 Å². The molecular weight excluding hydrogens is 115 g/mol. The molecule has 0 aromatic heterocycles. The Hall–Kier alpha value is -0.0675. The van der Waals surface area contributed by atoms with E-state index >= 15 is 0 Å². The smallest absolute Gasteiger partial charge is 0.456 e. The van der Waals surface area contributed by atoms with E-state index in [9.17, 15) is 4.39 Å². The molecule has 0 rings (SSSR count). The summed E-state index contributed by atoms with van der Waals surface area (Å²) in [6.07, 6.45) is -2.33. The molecule has 0 atom stereocenters. The molecular formula is CHCrFO2. The maximum absolute atomic E-state index is 9.92. The Morgan fingerprint density at radius 3 is 1.80 bits per heavy atom. The number of carboxylic acid groups (broad SMARTS) is 1. The first-order valence-electron chi connectivity index (χ1n) is 0.617. The predicted molar refractivity (Wildman–Crippen MR) is 9.13 cm³/mol. The van der Waals surface area contributed by atoms with Crippen molar-refractivity contribution >= 4 is 6.22 Å². The zero-order valence-corrected chi connectivity index (χ0v) is 3.42. The van der Waals surface area contributed by atoms with Crippen LogP contribution in [0.2, 0.25) is 0 Å². The molecule has 0 unspecified atom stereocenters. The van der Waals surface area contributed by atoms with Gasteiger partial charge in [0.15, 0.2) is 0 Å². The second-order valence-corrected chi connectivity index (χ2v) is 0.253. The number of hydrogen-bond acceptors (Lipinski definition) is 1. The molecule has 5 heavy (non-hydrogen) atoms. The maximum Gasteiger partial charge on any atom is 0.492 e. The van der Waals surface area contributed by atoms with Gasteiger partial charge in [-0.15, -0.1) is 4.39 Å². The monoisotopic (exact) mass is 116 g/mol. The fourth-order valence-electron chi connectivity index (χ4n) is 0. The summed E-state index contributed by atoms with van der Waals surface area (Å²) in [7, 11) is 0. The van der Waals surface area contributed by atoms with Crippen LogP contribution < -0.4 is 0 Å². The quantitative estimate of drug-likeness (QED) is 0.471. The van der Waals surface area contributed by atoms with E-state index in [1.807, 2.05) is 0 Å². The van der Waals surface area contributed by atoms with Crippen molar-refractivity contribution < 1.29 is 31.7 Å². The molecule has 0 heterocycles. The summed E-state index contributed by atoms with van der Waals surface area (Å²) in [6, 6.07) is 0. The Kier molecular flexibility index (Phi) is 6.98. The molecule has 0 spiro atoms. The predicted octanol–water partition coefficient (Wildman–Crippen LogP) is 0.631. The van der Waals surface area contributed by atoms with E-state index in [4.69, 9.17) is 9.90 Å². The first-order valence-corrected chi connectivity index (χ1v) is 0.617. The van der Waals surface area contributed by atoms with Crippen molar-refractivity contribution in [2.45, 2.75) is 0 Å². The van der Waals surface area contributed by atoms with E-state index < -0.39 is 6.22 Å². The van der Waals surface area contributed by atoms with Gasteiger partial charge in [-0.1, -0.05) is 0 Å². The Bertz CT molecular complexity index is 32.6. The van der Waals surface area contributed by atoms with Crippen LogP contribution in [-0.2, 0) is 17.4 Å². The van der Waals surface area contributed by atoms with Crippen molar-refractivity contribution in [2.75, 3.05) is 0 Å². The minimum absolute atomic E-state index is 0. The van der Waals surface area contributed by atoms with Gasteiger partial charge < -0.3 is 5.11 Å². The van der Waals surface area contributed by atoms with Crippen molar-refractivity contribution in [1.29, 1.82) is 0 Å². The molecule has 30 valence electrons. The van der Waals surface area contributed by atoms with Crippen LogP contribution in [0, 0.1) is 0 Å². The number of hydrogen-bond donors (Lipinski definition) is 1. The van der Waals surface area contributed by atoms with Crippen LogP contribution >= 0.6 is 0 Å². The summed E-state index contributed by atoms with van der Waals surface area (Å²) in [5.74, 6) is 0. The van der Waals surface area contributed by atoms with Crippen LogP contribution in [0.5, 0.6) is 0 Å². The first kappa shape index (κ1) is 8.87. The van der Waals surface area contributed by atoms with Gasteiger partial charge in [0, 0.05) is 17.4 Å². The molecule has 0 saturated carbocycles. The van der Waals surface area contributed by atoms with E-state index in [1.165, 1.54) is 0 Å². The molecule has 0 aromatic rings. The minimum Gasteiger partial charge on any atom is -0.456 e. The molecule has 0 saturated heterocycles. The summed E-state index contributed by atoms with van der Waals surface area (Å²) < 4.78 is 9.92. The minimum atomic E-state index is -2.33. The van der Waals surface area contributed by atoms with Crippen molar-refractivity contribution in [1.82, 2.24) is 0 Å². The van der Waals surface area contributed by atoms with Gasteiger partial charge in [-0.3, -0.25) is 0 Å². The SMILES string of the molecule is O=C(O)F.[Cr]. The molecule has 1 N–H and O–H groups in total. The number of carbonyl (C=O) groups is 1. The van der Waals surface area contributed by atoms with Gasteiger partial charge in [0.25, 0.3) is 0 Å². The maximum atomic E-state index is 9.92. The van der Waals surface area contributed by atoms with Crippen LogP contribution in [0.25, 0.3) is 0 Å². The zero-order valence-electron chi connectivity index (χ0n) is 2.14. The second-order valence-electron chi connectivity index (χ2n) is 0.253. The average Bonchev–Trinajstić information content (AvgIpc) is 0.811. The van der Waals surface area contributed by atoms with E-state index in [0.29, 0.717) is 0 Å². The van der Waals surface area contributed by atoms with Gasteiger partial charge in [-0.2, -0.15) is 0 Å². The first-order chi connectivity index (χ1) is 1.73. The van der Waals surface area contributed by atoms with Crippen molar-refractivity contribution in [3.63, 3.8) is 0 Å². The van der Waals surface area contributed by atoms with Crippen molar-refractivity contribution in [2.24, 2.45) is 0 Å². The van der Waals surface area contributed by atoms with Crippen LogP contribution in [-0.4, -0.2) is 11.3 Å². The van der Waals surface area contributed by atoms with E-state index in [0.717, 1.165) is 0 Å². The molecule has 2 nitrogen and oxygen atoms in total. The van der Waals surface area contributed by atoms with Crippen LogP contribution in [0.15, 0.2) is 0 Å². The van der Waals surface area contributed by atoms with Gasteiger partial charge in [0.2, 0.25) is 0 Å². The standard InChI is InChI=1S/CHFO2.Cr/c2-1(3)4;/h(H,3,4);. The zero-order chi connectivity index (χ0) is 3.58. The Morgan fingerprint density at radius 1 is 1.80 bits per heavy atom. The number of rotatable bonds is 0. The molecule has 0 aliphatic heterocycles. The van der Waals surface area contributed by atoms with Crippen LogP contribution in [0.4, 0.5) is 9.18 Å². The van der Waals surface area contributed by atoms with Gasteiger partial charge in [-0.25, -0.2) is 4.79 Å². The van der Waals surface area contributed by atoms with Crippen molar-refractivity contribution in [3.05, 3.63) is 0 Å². The van der Waals surface area contributed by atoms with Gasteiger partial charge in [0.05, 0.1) is 0 Å². The fourth-order valence-corrected chi connectivity index (χ4v) is 0. The normalized spacial score (nSPS) is 5.00. The average molecular weight is 116 g/mol. The third-order valence-corrected chi connectivity index (χ3v) is 0. The van der Waals surface area contributed by atoms with Crippen LogP contribution in [0.1, 0.15) is 0 Å². The fraction of sp³-hybridized carbons (Fsp3) is 0. The van der Waals surface area contributed by atoms with E-state index in [-0.39, 0.29) is 17.4 Å². The second kappa shape index (κ2) is 3.93. The van der Waals surface area contributed by atoms with Crippen molar-refractivity contribution in [3.8, 4) is 0 Å². The topological polar surface area (TPSA) is 37.3 Å². The van der Waals surface area contributed by atoms with E-state index in [2.05, 4.69) is 0 Å². The molecule has 0 aliphatic rings. The molecule has 4 heteroatoms. The molecule has 0 aliphatic carbocycles. The summed E-state index contributed by atoms with van der Waals surface area (Å²) in [5.41, 5.74) is 0. The molecule has 0 fully saturated rings. The van der Waals surface area contributed by atoms with Gasteiger partial charge in [0.1, 0.15) is 0 Å². The Balaban J connectivity index is 0. The summed E-state index contributed by atoms with van der Waals surface area (Å²) in [6.45, 7) is 0. The summed E-state index contributed by atoms with van der Waals surface area (Å²) in [4.78, 5) is 8.33. The Morgan fingerprint density at radius 2 is 1.80 bits per heavy atom. The van der Waals surface area contributed by atoms with E-state index in [1.54, 1.807) is 0 Å².